The SMILES string of the molecule is CC(C)C(O)CCNC(=O)CC1CCCc2ccccc21. The quantitative estimate of drug-likeness (QED) is 0.845. The molecule has 1 amide bonds. The highest BCUT2D eigenvalue weighted by atomic mass is 16.3. The van der Waals surface area contributed by atoms with Gasteiger partial charge in [-0.05, 0) is 48.6 Å². The van der Waals surface area contributed by atoms with Gasteiger partial charge in [0.25, 0.3) is 0 Å². The summed E-state index contributed by atoms with van der Waals surface area (Å²) < 4.78 is 0. The Hall–Kier alpha value is -1.35. The van der Waals surface area contributed by atoms with E-state index in [4.69, 9.17) is 0 Å². The molecule has 2 unspecified atom stereocenters. The summed E-state index contributed by atoms with van der Waals surface area (Å²) in [5.74, 6) is 0.699. The monoisotopic (exact) mass is 289 g/mol. The zero-order valence-corrected chi connectivity index (χ0v) is 13.1. The Morgan fingerprint density at radius 3 is 2.90 bits per heavy atom. The Labute approximate surface area is 127 Å². The Balaban J connectivity index is 1.81. The molecule has 0 saturated carbocycles. The van der Waals surface area contributed by atoms with E-state index in [-0.39, 0.29) is 17.9 Å². The number of carbonyl (C=O) groups is 1. The van der Waals surface area contributed by atoms with Crippen molar-refractivity contribution in [1.29, 1.82) is 0 Å². The van der Waals surface area contributed by atoms with Crippen LogP contribution >= 0.6 is 0 Å². The fraction of sp³-hybridized carbons (Fsp3) is 0.611. The van der Waals surface area contributed by atoms with Gasteiger partial charge in [-0.15, -0.1) is 0 Å². The van der Waals surface area contributed by atoms with Gasteiger partial charge in [-0.1, -0.05) is 38.1 Å². The van der Waals surface area contributed by atoms with Gasteiger partial charge in [0, 0.05) is 13.0 Å². The zero-order chi connectivity index (χ0) is 15.2. The number of nitrogens with one attached hydrogen (secondary N) is 1. The van der Waals surface area contributed by atoms with Crippen LogP contribution in [0.3, 0.4) is 0 Å². The Bertz CT molecular complexity index is 470. The first-order valence-corrected chi connectivity index (χ1v) is 8.10. The molecule has 21 heavy (non-hydrogen) atoms. The molecule has 0 aromatic heterocycles. The third kappa shape index (κ3) is 4.57. The number of aryl methyl sites for hydroxylation is 1. The van der Waals surface area contributed by atoms with Gasteiger partial charge < -0.3 is 10.4 Å². The Morgan fingerprint density at radius 2 is 2.14 bits per heavy atom. The number of aliphatic hydroxyl groups excluding tert-OH is 1. The first-order valence-electron chi connectivity index (χ1n) is 8.10. The molecule has 1 aliphatic carbocycles. The maximum Gasteiger partial charge on any atom is 0.220 e. The zero-order valence-electron chi connectivity index (χ0n) is 13.1. The van der Waals surface area contributed by atoms with Crippen molar-refractivity contribution in [3.05, 3.63) is 35.4 Å². The third-order valence-electron chi connectivity index (χ3n) is 4.46. The lowest BCUT2D eigenvalue weighted by Crippen LogP contribution is -2.30. The van der Waals surface area contributed by atoms with Crippen LogP contribution in [0, 0.1) is 5.92 Å². The molecule has 0 aliphatic heterocycles. The number of hydrogen-bond acceptors (Lipinski definition) is 2. The molecule has 3 heteroatoms. The Kier molecular flexibility index (Phi) is 5.80. The first kappa shape index (κ1) is 16.0. The van der Waals surface area contributed by atoms with E-state index in [0.717, 1.165) is 12.8 Å². The molecular weight excluding hydrogens is 262 g/mol. The number of amides is 1. The maximum atomic E-state index is 12.1. The highest BCUT2D eigenvalue weighted by Gasteiger charge is 2.22. The second-order valence-corrected chi connectivity index (χ2v) is 6.44. The average molecular weight is 289 g/mol. The molecule has 0 radical (unpaired) electrons. The number of benzene rings is 1. The summed E-state index contributed by atoms with van der Waals surface area (Å²) in [6.45, 7) is 4.55. The molecule has 116 valence electrons. The minimum atomic E-state index is -0.333. The smallest absolute Gasteiger partial charge is 0.220 e. The predicted molar refractivity (Wildman–Crippen MR) is 85.2 cm³/mol. The van der Waals surface area contributed by atoms with E-state index >= 15 is 0 Å². The van der Waals surface area contributed by atoms with Gasteiger partial charge in [-0.25, -0.2) is 0 Å². The van der Waals surface area contributed by atoms with Crippen LogP contribution in [-0.2, 0) is 11.2 Å². The average Bonchev–Trinajstić information content (AvgIpc) is 2.47. The summed E-state index contributed by atoms with van der Waals surface area (Å²) in [6.07, 6.45) is 4.26. The summed E-state index contributed by atoms with van der Waals surface area (Å²) in [6, 6.07) is 8.48. The van der Waals surface area contributed by atoms with Gasteiger partial charge in [0.15, 0.2) is 0 Å². The predicted octanol–water partition coefficient (Wildman–Crippen LogP) is 3.02. The van der Waals surface area contributed by atoms with E-state index in [0.29, 0.717) is 25.3 Å². The molecule has 1 aliphatic rings. The topological polar surface area (TPSA) is 49.3 Å². The standard InChI is InChI=1S/C18H27NO2/c1-13(2)17(20)10-11-19-18(21)12-15-8-5-7-14-6-3-4-9-16(14)15/h3-4,6,9,13,15,17,20H,5,7-8,10-12H2,1-2H3,(H,19,21). The van der Waals surface area contributed by atoms with E-state index < -0.39 is 0 Å². The molecule has 0 heterocycles. The number of hydrogen-bond donors (Lipinski definition) is 2. The molecule has 1 aromatic carbocycles. The van der Waals surface area contributed by atoms with Gasteiger partial charge in [0.05, 0.1) is 6.10 Å². The fourth-order valence-corrected chi connectivity index (χ4v) is 3.06. The van der Waals surface area contributed by atoms with Gasteiger partial charge in [0.2, 0.25) is 5.91 Å². The van der Waals surface area contributed by atoms with Crippen LogP contribution in [-0.4, -0.2) is 23.7 Å². The minimum absolute atomic E-state index is 0.104. The number of fused-ring (bicyclic) bond motifs is 1. The van der Waals surface area contributed by atoms with Crippen molar-refractivity contribution in [1.82, 2.24) is 5.32 Å². The van der Waals surface area contributed by atoms with Gasteiger partial charge in [-0.3, -0.25) is 4.79 Å². The normalized spacial score (nSPS) is 19.1. The fourth-order valence-electron chi connectivity index (χ4n) is 3.06. The van der Waals surface area contributed by atoms with Crippen molar-refractivity contribution in [2.45, 2.75) is 58.0 Å². The number of aliphatic hydroxyl groups is 1. The van der Waals surface area contributed by atoms with Gasteiger partial charge >= 0.3 is 0 Å². The summed E-state index contributed by atoms with van der Waals surface area (Å²) in [7, 11) is 0. The van der Waals surface area contributed by atoms with Crippen molar-refractivity contribution in [3.8, 4) is 0 Å². The summed E-state index contributed by atoms with van der Waals surface area (Å²) in [5, 5.41) is 12.7. The summed E-state index contributed by atoms with van der Waals surface area (Å²) in [4.78, 5) is 12.1. The van der Waals surface area contributed by atoms with Crippen LogP contribution in [0.25, 0.3) is 0 Å². The van der Waals surface area contributed by atoms with Crippen LogP contribution in [0.15, 0.2) is 24.3 Å². The molecular formula is C18H27NO2. The molecule has 2 N–H and O–H groups in total. The second-order valence-electron chi connectivity index (χ2n) is 6.44. The molecule has 2 atom stereocenters. The molecule has 0 bridgehead atoms. The lowest BCUT2D eigenvalue weighted by molar-refractivity contribution is -0.121. The van der Waals surface area contributed by atoms with Gasteiger partial charge in [-0.2, -0.15) is 0 Å². The minimum Gasteiger partial charge on any atom is -0.393 e. The molecule has 0 fully saturated rings. The highest BCUT2D eigenvalue weighted by Crippen LogP contribution is 2.33. The first-order chi connectivity index (χ1) is 10.1. The van der Waals surface area contributed by atoms with E-state index in [2.05, 4.69) is 29.6 Å². The van der Waals surface area contributed by atoms with Crippen LogP contribution in [0.4, 0.5) is 0 Å². The highest BCUT2D eigenvalue weighted by molar-refractivity contribution is 5.77. The van der Waals surface area contributed by atoms with Crippen molar-refractivity contribution in [2.75, 3.05) is 6.54 Å². The van der Waals surface area contributed by atoms with Gasteiger partial charge in [0.1, 0.15) is 0 Å². The second kappa shape index (κ2) is 7.60. The third-order valence-corrected chi connectivity index (χ3v) is 4.46. The molecule has 0 saturated heterocycles. The van der Waals surface area contributed by atoms with E-state index in [1.807, 2.05) is 13.8 Å². The Morgan fingerprint density at radius 1 is 1.38 bits per heavy atom. The van der Waals surface area contributed by atoms with E-state index in [1.165, 1.54) is 17.5 Å². The molecule has 1 aromatic rings. The summed E-state index contributed by atoms with van der Waals surface area (Å²) in [5.41, 5.74) is 2.75. The van der Waals surface area contributed by atoms with Crippen molar-refractivity contribution in [3.63, 3.8) is 0 Å². The van der Waals surface area contributed by atoms with Crippen molar-refractivity contribution >= 4 is 5.91 Å². The largest absolute Gasteiger partial charge is 0.393 e. The molecule has 2 rings (SSSR count). The van der Waals surface area contributed by atoms with Crippen LogP contribution in [0.5, 0.6) is 0 Å². The number of carbonyl (C=O) groups excluding carboxylic acids is 1. The molecule has 3 nitrogen and oxygen atoms in total. The van der Waals surface area contributed by atoms with Crippen molar-refractivity contribution < 1.29 is 9.90 Å². The van der Waals surface area contributed by atoms with Crippen LogP contribution in [0.1, 0.15) is 56.6 Å². The lowest BCUT2D eigenvalue weighted by atomic mass is 9.81. The van der Waals surface area contributed by atoms with E-state index in [9.17, 15) is 9.90 Å². The maximum absolute atomic E-state index is 12.1. The summed E-state index contributed by atoms with van der Waals surface area (Å²) >= 11 is 0. The lowest BCUT2D eigenvalue weighted by Gasteiger charge is -2.25. The molecule has 0 spiro atoms. The van der Waals surface area contributed by atoms with E-state index in [1.54, 1.807) is 0 Å². The number of rotatable bonds is 6. The van der Waals surface area contributed by atoms with Crippen LogP contribution < -0.4 is 5.32 Å². The van der Waals surface area contributed by atoms with Crippen LogP contribution in [0.2, 0.25) is 0 Å². The van der Waals surface area contributed by atoms with Crippen molar-refractivity contribution in [2.24, 2.45) is 5.92 Å².